The highest BCUT2D eigenvalue weighted by atomic mass is 16.5. The summed E-state index contributed by atoms with van der Waals surface area (Å²) in [6.45, 7) is 31.2. The quantitative estimate of drug-likeness (QED) is 0.0357. The van der Waals surface area contributed by atoms with E-state index in [0.29, 0.717) is 75.1 Å². The molecule has 0 bridgehead atoms. The number of rotatable bonds is 50. The largest absolute Gasteiger partial charge is 0.497 e. The predicted molar refractivity (Wildman–Crippen MR) is 394 cm³/mol. The number of benzene rings is 5. The van der Waals surface area contributed by atoms with E-state index in [1.165, 1.54) is 51.4 Å². The van der Waals surface area contributed by atoms with Crippen LogP contribution in [0.3, 0.4) is 0 Å². The molecule has 0 N–H and O–H groups in total. The van der Waals surface area contributed by atoms with Crippen LogP contribution in [0.5, 0.6) is 46.0 Å². The molecule has 0 aromatic heterocycles. The van der Waals surface area contributed by atoms with Gasteiger partial charge in [0.1, 0.15) is 46.0 Å². The van der Waals surface area contributed by atoms with Crippen molar-refractivity contribution in [3.05, 3.63) is 107 Å². The van der Waals surface area contributed by atoms with Crippen molar-refractivity contribution in [3.63, 3.8) is 0 Å². The van der Waals surface area contributed by atoms with Gasteiger partial charge in [-0.15, -0.1) is 0 Å². The van der Waals surface area contributed by atoms with Gasteiger partial charge in [0.25, 0.3) is 0 Å². The average Bonchev–Trinajstić information content (AvgIpc) is 0.864. The molecule has 0 amide bonds. The Kier molecular flexibility index (Phi) is 37.1. The van der Waals surface area contributed by atoms with Crippen LogP contribution in [0.25, 0.3) is 46.6 Å². The second kappa shape index (κ2) is 44.6. The van der Waals surface area contributed by atoms with E-state index in [2.05, 4.69) is 168 Å². The van der Waals surface area contributed by atoms with Crippen LogP contribution in [0.15, 0.2) is 84.9 Å². The van der Waals surface area contributed by atoms with Gasteiger partial charge in [-0.1, -0.05) is 247 Å². The second-order valence-electron chi connectivity index (χ2n) is 26.2. The fourth-order valence-electron chi connectivity index (χ4n) is 12.0. The van der Waals surface area contributed by atoms with Crippen molar-refractivity contribution in [2.75, 3.05) is 53.9 Å². The minimum atomic E-state index is 0.417. The van der Waals surface area contributed by atoms with E-state index in [1.807, 2.05) is 24.3 Å². The first-order valence-electron chi connectivity index (χ1n) is 36.9. The molecule has 0 saturated carbocycles. The summed E-state index contributed by atoms with van der Waals surface area (Å²) >= 11 is 0. The lowest BCUT2D eigenvalue weighted by atomic mass is 9.98. The molecule has 0 spiro atoms. The molecule has 92 heavy (non-hydrogen) atoms. The van der Waals surface area contributed by atoms with Crippen molar-refractivity contribution in [2.45, 2.75) is 237 Å². The molecule has 5 aromatic rings. The maximum Gasteiger partial charge on any atom is 0.127 e. The van der Waals surface area contributed by atoms with Crippen molar-refractivity contribution in [1.29, 1.82) is 0 Å². The SMILES string of the molecule is CCCCC(CC)COc1cc(/C=C/c2cc(OCC(CC)CCCC)c(-c3ccc(OC)cc3)cc2OCC(CC)CCCC)c(OCC(CC)CCCC)cc1/C=C/c1cc(OCC(CC)CCCC)c(-c2ccc(OC)cc2)cc1OCC(CC)CCCC. The Morgan fingerprint density at radius 2 is 0.478 bits per heavy atom. The van der Waals surface area contributed by atoms with Crippen molar-refractivity contribution in [1.82, 2.24) is 0 Å². The summed E-state index contributed by atoms with van der Waals surface area (Å²) in [5.41, 5.74) is 7.95. The topological polar surface area (TPSA) is 73.8 Å². The van der Waals surface area contributed by atoms with Crippen LogP contribution in [0, 0.1) is 35.5 Å². The van der Waals surface area contributed by atoms with E-state index in [-0.39, 0.29) is 0 Å². The van der Waals surface area contributed by atoms with Gasteiger partial charge < -0.3 is 37.9 Å². The van der Waals surface area contributed by atoms with Crippen LogP contribution >= 0.6 is 0 Å². The lowest BCUT2D eigenvalue weighted by Gasteiger charge is -2.22. The summed E-state index contributed by atoms with van der Waals surface area (Å²) in [5.74, 6) is 9.24. The first-order valence-corrected chi connectivity index (χ1v) is 36.9. The smallest absolute Gasteiger partial charge is 0.127 e. The molecule has 0 radical (unpaired) electrons. The molecule has 5 rings (SSSR count). The Hall–Kier alpha value is -6.02. The number of hydrogen-bond acceptors (Lipinski definition) is 8. The predicted octanol–water partition coefficient (Wildman–Crippen LogP) is 24.9. The van der Waals surface area contributed by atoms with Crippen molar-refractivity contribution >= 4 is 24.3 Å². The Morgan fingerprint density at radius 1 is 0.272 bits per heavy atom. The first-order chi connectivity index (χ1) is 45.0. The molecule has 0 saturated heterocycles. The van der Waals surface area contributed by atoms with Crippen LogP contribution < -0.4 is 37.9 Å². The lowest BCUT2D eigenvalue weighted by molar-refractivity contribution is 0.227. The van der Waals surface area contributed by atoms with E-state index < -0.39 is 0 Å². The number of unbranched alkanes of at least 4 members (excludes halogenated alkanes) is 6. The average molecular weight is 1260 g/mol. The van der Waals surface area contributed by atoms with Crippen molar-refractivity contribution in [2.24, 2.45) is 35.5 Å². The van der Waals surface area contributed by atoms with Crippen molar-refractivity contribution in [3.8, 4) is 68.2 Å². The van der Waals surface area contributed by atoms with E-state index >= 15 is 0 Å². The molecule has 0 aliphatic carbocycles. The third kappa shape index (κ3) is 25.7. The van der Waals surface area contributed by atoms with Crippen molar-refractivity contribution < 1.29 is 37.9 Å². The van der Waals surface area contributed by atoms with Crippen LogP contribution in [-0.4, -0.2) is 53.9 Å². The maximum absolute atomic E-state index is 7.18. The lowest BCUT2D eigenvalue weighted by Crippen LogP contribution is -2.14. The Labute approximate surface area is 561 Å². The van der Waals surface area contributed by atoms with Gasteiger partial charge in [0, 0.05) is 33.4 Å². The Balaban J connectivity index is 1.81. The molecule has 8 heteroatoms. The van der Waals surface area contributed by atoms with Gasteiger partial charge in [0.15, 0.2) is 0 Å². The van der Waals surface area contributed by atoms with Gasteiger partial charge in [-0.3, -0.25) is 0 Å². The molecule has 8 nitrogen and oxygen atoms in total. The molecule has 6 atom stereocenters. The molecule has 6 unspecified atom stereocenters. The third-order valence-corrected chi connectivity index (χ3v) is 19.2. The molecule has 5 aromatic carbocycles. The Morgan fingerprint density at radius 3 is 0.685 bits per heavy atom. The highest BCUT2D eigenvalue weighted by Gasteiger charge is 2.22. The second-order valence-corrected chi connectivity index (χ2v) is 26.2. The van der Waals surface area contributed by atoms with Gasteiger partial charge in [-0.05, 0) is 146 Å². The minimum absolute atomic E-state index is 0.417. The molecular weight excluding hydrogens is 1140 g/mol. The summed E-state index contributed by atoms with van der Waals surface area (Å²) in [5, 5.41) is 0. The van der Waals surface area contributed by atoms with Gasteiger partial charge in [-0.25, -0.2) is 0 Å². The summed E-state index contributed by atoms with van der Waals surface area (Å²) in [6, 6.07) is 30.0. The molecule has 0 aliphatic heterocycles. The number of hydrogen-bond donors (Lipinski definition) is 0. The third-order valence-electron chi connectivity index (χ3n) is 19.2. The van der Waals surface area contributed by atoms with E-state index in [1.54, 1.807) is 14.2 Å². The van der Waals surface area contributed by atoms with E-state index in [9.17, 15) is 0 Å². The van der Waals surface area contributed by atoms with E-state index in [0.717, 1.165) is 193 Å². The zero-order valence-electron chi connectivity index (χ0n) is 60.3. The van der Waals surface area contributed by atoms with Crippen LogP contribution in [0.1, 0.15) is 259 Å². The zero-order valence-corrected chi connectivity index (χ0v) is 60.3. The normalized spacial score (nSPS) is 13.6. The number of ether oxygens (including phenoxy) is 8. The molecule has 0 aliphatic rings. The zero-order chi connectivity index (χ0) is 66.3. The summed E-state index contributed by atoms with van der Waals surface area (Å²) < 4.78 is 53.8. The molecule has 0 heterocycles. The van der Waals surface area contributed by atoms with Crippen LogP contribution in [-0.2, 0) is 0 Å². The minimum Gasteiger partial charge on any atom is -0.497 e. The van der Waals surface area contributed by atoms with E-state index in [4.69, 9.17) is 37.9 Å². The Bertz CT molecular complexity index is 2640. The van der Waals surface area contributed by atoms with Crippen LogP contribution in [0.2, 0.25) is 0 Å². The van der Waals surface area contributed by atoms with Gasteiger partial charge in [-0.2, -0.15) is 0 Å². The van der Waals surface area contributed by atoms with Crippen LogP contribution in [0.4, 0.5) is 0 Å². The maximum atomic E-state index is 7.18. The fraction of sp³-hybridized carbons (Fsp3) is 0.595. The number of methoxy groups -OCH3 is 2. The summed E-state index contributed by atoms with van der Waals surface area (Å²) in [6.07, 6.45) is 36.0. The molecule has 0 fully saturated rings. The fourth-order valence-corrected chi connectivity index (χ4v) is 12.0. The van der Waals surface area contributed by atoms with Gasteiger partial charge >= 0.3 is 0 Å². The first kappa shape index (κ1) is 76.7. The molecule has 510 valence electrons. The summed E-state index contributed by atoms with van der Waals surface area (Å²) in [7, 11) is 3.44. The highest BCUT2D eigenvalue weighted by Crippen LogP contribution is 2.43. The highest BCUT2D eigenvalue weighted by molar-refractivity contribution is 5.84. The summed E-state index contributed by atoms with van der Waals surface area (Å²) in [4.78, 5) is 0. The van der Waals surface area contributed by atoms with Gasteiger partial charge in [0.05, 0.1) is 53.9 Å². The monoisotopic (exact) mass is 1260 g/mol. The standard InChI is InChI=1S/C84H126O8/c1-15-27-33-63(21-7)57-87-79-51-72(40-42-74-54-84(92-62-68(26-12)38-32-20-6)78(70-45-49-76(86-14)50-46-70)56-82(74)90-60-66(24-10)36-30-18-4)80(88-58-64(22-8)34-28-16-2)52-71(79)39-41-73-53-83(91-61-67(25-11)37-31-19-5)77(69-43-47-75(85-13)48-44-69)55-81(73)89-59-65(23-9)35-29-17-3/h39-56,63-68H,15-38,57-62H2,1-14H3/b41-39+,42-40+. The van der Waals surface area contributed by atoms with Gasteiger partial charge in [0.2, 0.25) is 0 Å². The molecular formula is C84H126O8.